The van der Waals surface area contributed by atoms with Crippen molar-refractivity contribution in [3.63, 3.8) is 0 Å². The van der Waals surface area contributed by atoms with Gasteiger partial charge in [-0.05, 0) is 23.8 Å². The first-order valence-electron chi connectivity index (χ1n) is 6.65. The molecule has 1 heterocycles. The molecule has 0 aliphatic carbocycles. The van der Waals surface area contributed by atoms with Crippen LogP contribution >= 0.6 is 0 Å². The number of aliphatic hydroxyl groups is 1. The zero-order valence-electron chi connectivity index (χ0n) is 12.3. The Morgan fingerprint density at radius 2 is 1.90 bits per heavy atom. The highest BCUT2D eigenvalue weighted by molar-refractivity contribution is 5.93. The van der Waals surface area contributed by atoms with Gasteiger partial charge in [-0.2, -0.15) is 0 Å². The van der Waals surface area contributed by atoms with Crippen LogP contribution < -0.4 is 4.74 Å². The third-order valence-electron chi connectivity index (χ3n) is 3.57. The lowest BCUT2D eigenvalue weighted by molar-refractivity contribution is -0.196. The van der Waals surface area contributed by atoms with Gasteiger partial charge >= 0.3 is 0 Å². The van der Waals surface area contributed by atoms with Gasteiger partial charge in [-0.1, -0.05) is 12.1 Å². The molecular formula is C16H18O5. The monoisotopic (exact) mass is 290 g/mol. The first kappa shape index (κ1) is 15.3. The molecule has 5 heteroatoms. The van der Waals surface area contributed by atoms with Crippen molar-refractivity contribution < 1.29 is 24.2 Å². The van der Waals surface area contributed by atoms with Crippen molar-refractivity contribution in [2.24, 2.45) is 0 Å². The maximum absolute atomic E-state index is 11.6. The molecule has 1 aromatic rings. The van der Waals surface area contributed by atoms with Gasteiger partial charge in [0.25, 0.3) is 5.79 Å². The van der Waals surface area contributed by atoms with E-state index in [1.54, 1.807) is 25.3 Å². The molecule has 1 N–H and O–H groups in total. The van der Waals surface area contributed by atoms with Gasteiger partial charge in [0.15, 0.2) is 11.5 Å². The highest BCUT2D eigenvalue weighted by atomic mass is 16.6. The van der Waals surface area contributed by atoms with Gasteiger partial charge in [-0.3, -0.25) is 9.59 Å². The SMILES string of the molecule is COc1ccc(C2C=C(C(C)=O)OC(O)(C(C)=O)C2)cc1. The molecule has 1 aliphatic heterocycles. The third kappa shape index (κ3) is 3.13. The molecule has 0 saturated heterocycles. The van der Waals surface area contributed by atoms with Crippen LogP contribution in [-0.2, 0) is 14.3 Å². The van der Waals surface area contributed by atoms with E-state index < -0.39 is 11.6 Å². The Balaban J connectivity index is 2.38. The molecule has 1 aliphatic rings. The van der Waals surface area contributed by atoms with Crippen LogP contribution in [0.3, 0.4) is 0 Å². The second kappa shape index (κ2) is 5.69. The van der Waals surface area contributed by atoms with Crippen LogP contribution in [-0.4, -0.2) is 29.6 Å². The van der Waals surface area contributed by atoms with Gasteiger partial charge in [0, 0.05) is 26.2 Å². The largest absolute Gasteiger partial charge is 0.497 e. The maximum atomic E-state index is 11.6. The number of ether oxygens (including phenoxy) is 2. The zero-order valence-corrected chi connectivity index (χ0v) is 12.3. The third-order valence-corrected chi connectivity index (χ3v) is 3.57. The summed E-state index contributed by atoms with van der Waals surface area (Å²) in [6, 6.07) is 7.26. The van der Waals surface area contributed by atoms with Crippen molar-refractivity contribution in [3.8, 4) is 5.75 Å². The highest BCUT2D eigenvalue weighted by Crippen LogP contribution is 2.36. The predicted octanol–water partition coefficient (Wildman–Crippen LogP) is 1.95. The molecule has 21 heavy (non-hydrogen) atoms. The van der Waals surface area contributed by atoms with Crippen LogP contribution in [0.5, 0.6) is 5.75 Å². The summed E-state index contributed by atoms with van der Waals surface area (Å²) in [6.07, 6.45) is 1.72. The summed E-state index contributed by atoms with van der Waals surface area (Å²) in [7, 11) is 1.58. The normalized spacial score (nSPS) is 24.8. The van der Waals surface area contributed by atoms with Gasteiger partial charge in [-0.25, -0.2) is 0 Å². The van der Waals surface area contributed by atoms with Crippen molar-refractivity contribution in [1.82, 2.24) is 0 Å². The lowest BCUT2D eigenvalue weighted by atomic mass is 9.87. The van der Waals surface area contributed by atoms with Crippen LogP contribution in [0.25, 0.3) is 0 Å². The second-order valence-electron chi connectivity index (χ2n) is 5.11. The van der Waals surface area contributed by atoms with Crippen LogP contribution in [0.1, 0.15) is 31.7 Å². The van der Waals surface area contributed by atoms with Gasteiger partial charge in [0.1, 0.15) is 5.75 Å². The predicted molar refractivity (Wildman–Crippen MR) is 75.8 cm³/mol. The minimum absolute atomic E-state index is 0.0137. The number of benzene rings is 1. The number of Topliss-reactive ketones (excluding diaryl/α,β-unsaturated/α-hetero) is 2. The van der Waals surface area contributed by atoms with Crippen molar-refractivity contribution >= 4 is 11.6 Å². The van der Waals surface area contributed by atoms with Crippen molar-refractivity contribution in [3.05, 3.63) is 41.7 Å². The molecular weight excluding hydrogens is 272 g/mol. The number of allylic oxidation sites excluding steroid dienone is 2. The molecule has 0 fully saturated rings. The number of rotatable bonds is 4. The van der Waals surface area contributed by atoms with Crippen LogP contribution in [0.15, 0.2) is 36.1 Å². The number of carbonyl (C=O) groups excluding carboxylic acids is 2. The molecule has 1 aromatic carbocycles. The van der Waals surface area contributed by atoms with E-state index in [1.807, 2.05) is 12.1 Å². The Labute approximate surface area is 123 Å². The van der Waals surface area contributed by atoms with E-state index in [9.17, 15) is 14.7 Å². The van der Waals surface area contributed by atoms with E-state index in [-0.39, 0.29) is 23.9 Å². The van der Waals surface area contributed by atoms with E-state index in [1.165, 1.54) is 13.8 Å². The molecule has 0 radical (unpaired) electrons. The van der Waals surface area contributed by atoms with Gasteiger partial charge < -0.3 is 14.6 Å². The highest BCUT2D eigenvalue weighted by Gasteiger charge is 2.42. The molecule has 0 saturated carbocycles. The Morgan fingerprint density at radius 1 is 1.29 bits per heavy atom. The number of hydrogen-bond acceptors (Lipinski definition) is 5. The van der Waals surface area contributed by atoms with E-state index in [0.29, 0.717) is 5.75 Å². The Bertz CT molecular complexity index is 587. The van der Waals surface area contributed by atoms with Crippen LogP contribution in [0.4, 0.5) is 0 Å². The maximum Gasteiger partial charge on any atom is 0.268 e. The average molecular weight is 290 g/mol. The molecule has 2 unspecified atom stereocenters. The Morgan fingerprint density at radius 3 is 2.38 bits per heavy atom. The number of methoxy groups -OCH3 is 1. The quantitative estimate of drug-likeness (QED) is 0.917. The summed E-state index contributed by atoms with van der Waals surface area (Å²) in [5.74, 6) is -2.36. The Kier molecular flexibility index (Phi) is 4.14. The van der Waals surface area contributed by atoms with Crippen LogP contribution in [0.2, 0.25) is 0 Å². The smallest absolute Gasteiger partial charge is 0.268 e. The molecule has 112 valence electrons. The molecule has 0 spiro atoms. The van der Waals surface area contributed by atoms with Crippen LogP contribution in [0, 0.1) is 0 Å². The minimum atomic E-state index is -1.96. The summed E-state index contributed by atoms with van der Waals surface area (Å²) in [4.78, 5) is 23.2. The first-order chi connectivity index (χ1) is 9.85. The summed E-state index contributed by atoms with van der Waals surface area (Å²) >= 11 is 0. The van der Waals surface area contributed by atoms with Crippen molar-refractivity contribution in [2.45, 2.75) is 32.0 Å². The average Bonchev–Trinajstić information content (AvgIpc) is 2.46. The summed E-state index contributed by atoms with van der Waals surface area (Å²) in [5.41, 5.74) is 0.873. The molecule has 2 atom stereocenters. The number of hydrogen-bond donors (Lipinski definition) is 1. The fourth-order valence-corrected chi connectivity index (χ4v) is 2.27. The first-order valence-corrected chi connectivity index (χ1v) is 6.65. The molecule has 2 rings (SSSR count). The fourth-order valence-electron chi connectivity index (χ4n) is 2.27. The fraction of sp³-hybridized carbons (Fsp3) is 0.375. The second-order valence-corrected chi connectivity index (χ2v) is 5.11. The van der Waals surface area contributed by atoms with Gasteiger partial charge in [-0.15, -0.1) is 0 Å². The summed E-state index contributed by atoms with van der Waals surface area (Å²) in [6.45, 7) is 2.58. The minimum Gasteiger partial charge on any atom is -0.497 e. The molecule has 0 amide bonds. The number of carbonyl (C=O) groups is 2. The Hall–Kier alpha value is -2.14. The van der Waals surface area contributed by atoms with Crippen molar-refractivity contribution in [1.29, 1.82) is 0 Å². The zero-order chi connectivity index (χ0) is 15.6. The molecule has 5 nitrogen and oxygen atoms in total. The summed E-state index contributed by atoms with van der Waals surface area (Å²) < 4.78 is 10.3. The van der Waals surface area contributed by atoms with E-state index >= 15 is 0 Å². The van der Waals surface area contributed by atoms with Crippen molar-refractivity contribution in [2.75, 3.05) is 7.11 Å². The molecule has 0 aromatic heterocycles. The van der Waals surface area contributed by atoms with E-state index in [0.717, 1.165) is 5.56 Å². The number of ketones is 2. The lowest BCUT2D eigenvalue weighted by Crippen LogP contribution is -2.44. The standard InChI is InChI=1S/C16H18O5/c1-10(17)15-8-13(9-16(19,21-15)11(2)18)12-4-6-14(20-3)7-5-12/h4-8,13,19H,9H2,1-3H3. The topological polar surface area (TPSA) is 72.8 Å². The molecule has 0 bridgehead atoms. The van der Waals surface area contributed by atoms with Gasteiger partial charge in [0.05, 0.1) is 7.11 Å². The van der Waals surface area contributed by atoms with E-state index in [2.05, 4.69) is 0 Å². The van der Waals surface area contributed by atoms with Gasteiger partial charge in [0.2, 0.25) is 5.78 Å². The lowest BCUT2D eigenvalue weighted by Gasteiger charge is -2.34. The summed E-state index contributed by atoms with van der Waals surface area (Å²) in [5, 5.41) is 10.3. The van der Waals surface area contributed by atoms with E-state index in [4.69, 9.17) is 9.47 Å².